The van der Waals surface area contributed by atoms with Crippen LogP contribution in [0, 0.1) is 6.92 Å². The van der Waals surface area contributed by atoms with Gasteiger partial charge in [-0.3, -0.25) is 0 Å². The largest absolute Gasteiger partial charge is 0.390 e. The molecule has 0 unspecified atom stereocenters. The van der Waals surface area contributed by atoms with Crippen molar-refractivity contribution in [3.8, 4) is 0 Å². The second kappa shape index (κ2) is 5.77. The molecule has 0 aliphatic heterocycles. The number of amidine groups is 1. The van der Waals surface area contributed by atoms with E-state index in [1.54, 1.807) is 0 Å². The van der Waals surface area contributed by atoms with Crippen molar-refractivity contribution in [1.82, 2.24) is 0 Å². The van der Waals surface area contributed by atoms with Gasteiger partial charge in [-0.2, -0.15) is 0 Å². The molecule has 0 aliphatic rings. The Morgan fingerprint density at radius 2 is 1.67 bits per heavy atom. The molecule has 2 aromatic carbocycles. The molecular weight excluding hydrogens is 222 g/mol. The number of aliphatic imine (C=N–C) groups is 2. The maximum absolute atomic E-state index is 5.39. The van der Waals surface area contributed by atoms with Gasteiger partial charge in [0.15, 0.2) is 5.84 Å². The first-order valence-corrected chi connectivity index (χ1v) is 5.75. The number of nitrogens with two attached hydrogens (primary N) is 1. The summed E-state index contributed by atoms with van der Waals surface area (Å²) in [5, 5.41) is 0. The highest BCUT2D eigenvalue weighted by molar-refractivity contribution is 6.04. The van der Waals surface area contributed by atoms with E-state index in [1.807, 2.05) is 61.5 Å². The van der Waals surface area contributed by atoms with Crippen LogP contribution in [0.2, 0.25) is 0 Å². The Bertz CT molecular complexity index is 571. The Labute approximate surface area is 107 Å². The zero-order valence-corrected chi connectivity index (χ0v) is 10.2. The van der Waals surface area contributed by atoms with E-state index in [0.29, 0.717) is 5.84 Å². The number of rotatable bonds is 2. The molecule has 0 aliphatic carbocycles. The van der Waals surface area contributed by atoms with Gasteiger partial charge in [0, 0.05) is 5.56 Å². The molecule has 0 heterocycles. The molecule has 0 atom stereocenters. The second-order valence-corrected chi connectivity index (χ2v) is 3.87. The summed E-state index contributed by atoms with van der Waals surface area (Å²) in [5.41, 5.74) is 8.35. The van der Waals surface area contributed by atoms with Crippen molar-refractivity contribution in [1.29, 1.82) is 0 Å². The molecule has 0 saturated carbocycles. The molecule has 0 radical (unpaired) electrons. The molecule has 0 saturated heterocycles. The van der Waals surface area contributed by atoms with Crippen LogP contribution >= 0.6 is 0 Å². The first-order chi connectivity index (χ1) is 8.81. The highest BCUT2D eigenvalue weighted by Gasteiger charge is 2.02. The summed E-state index contributed by atoms with van der Waals surface area (Å²) in [6.07, 6.45) is 1.27. The third-order valence-electron chi connectivity index (χ3n) is 2.57. The number of hydrogen-bond acceptors (Lipinski definition) is 1. The summed E-state index contributed by atoms with van der Waals surface area (Å²) in [6, 6.07) is 17.7. The number of para-hydroxylation sites is 1. The maximum Gasteiger partial charge on any atom is 0.161 e. The Morgan fingerprint density at radius 3 is 2.33 bits per heavy atom. The van der Waals surface area contributed by atoms with E-state index >= 15 is 0 Å². The van der Waals surface area contributed by atoms with Gasteiger partial charge in [-0.05, 0) is 18.6 Å². The van der Waals surface area contributed by atoms with Crippen LogP contribution in [0.1, 0.15) is 11.1 Å². The Morgan fingerprint density at radius 1 is 1.00 bits per heavy atom. The van der Waals surface area contributed by atoms with E-state index in [4.69, 9.17) is 5.73 Å². The summed E-state index contributed by atoms with van der Waals surface area (Å²) in [4.78, 5) is 8.69. The average molecular weight is 237 g/mol. The molecule has 2 aromatic rings. The van der Waals surface area contributed by atoms with Crippen molar-refractivity contribution in [3.63, 3.8) is 0 Å². The smallest absolute Gasteiger partial charge is 0.161 e. The summed E-state index contributed by atoms with van der Waals surface area (Å²) >= 11 is 0. The van der Waals surface area contributed by atoms with E-state index in [2.05, 4.69) is 9.98 Å². The van der Waals surface area contributed by atoms with Crippen LogP contribution in [-0.4, -0.2) is 12.2 Å². The van der Waals surface area contributed by atoms with Gasteiger partial charge in [-0.15, -0.1) is 0 Å². The van der Waals surface area contributed by atoms with Crippen molar-refractivity contribution in [3.05, 3.63) is 65.7 Å². The molecule has 0 amide bonds. The van der Waals surface area contributed by atoms with Gasteiger partial charge < -0.3 is 5.73 Å². The van der Waals surface area contributed by atoms with Crippen LogP contribution in [0.5, 0.6) is 0 Å². The Balaban J connectivity index is 2.46. The first-order valence-electron chi connectivity index (χ1n) is 5.75. The lowest BCUT2D eigenvalue weighted by Gasteiger charge is -2.03. The molecule has 0 fully saturated rings. The molecule has 3 nitrogen and oxygen atoms in total. The van der Waals surface area contributed by atoms with Crippen LogP contribution in [0.15, 0.2) is 64.6 Å². The van der Waals surface area contributed by atoms with Crippen molar-refractivity contribution in [2.75, 3.05) is 0 Å². The molecule has 0 aromatic heterocycles. The SMILES string of the molecule is Cc1ccccc1N=C(N=CN)c1ccccc1. The van der Waals surface area contributed by atoms with Gasteiger partial charge in [0.1, 0.15) is 0 Å². The fourth-order valence-corrected chi connectivity index (χ4v) is 1.63. The van der Waals surface area contributed by atoms with Gasteiger partial charge in [-0.1, -0.05) is 48.5 Å². The summed E-state index contributed by atoms with van der Waals surface area (Å²) in [5.74, 6) is 0.618. The minimum Gasteiger partial charge on any atom is -0.390 e. The summed E-state index contributed by atoms with van der Waals surface area (Å²) < 4.78 is 0. The number of nitrogens with zero attached hydrogens (tertiary/aromatic N) is 2. The number of aryl methyl sites for hydroxylation is 1. The zero-order chi connectivity index (χ0) is 12.8. The minimum atomic E-state index is 0.618. The van der Waals surface area contributed by atoms with Crippen molar-refractivity contribution in [2.45, 2.75) is 6.92 Å². The predicted molar refractivity (Wildman–Crippen MR) is 76.5 cm³/mol. The van der Waals surface area contributed by atoms with Crippen LogP contribution in [0.3, 0.4) is 0 Å². The molecule has 2 rings (SSSR count). The van der Waals surface area contributed by atoms with Gasteiger partial charge in [0.25, 0.3) is 0 Å². The topological polar surface area (TPSA) is 50.7 Å². The van der Waals surface area contributed by atoms with E-state index in [-0.39, 0.29) is 0 Å². The molecule has 3 heteroatoms. The molecule has 18 heavy (non-hydrogen) atoms. The predicted octanol–water partition coefficient (Wildman–Crippen LogP) is 3.06. The van der Waals surface area contributed by atoms with Gasteiger partial charge in [0.2, 0.25) is 0 Å². The quantitative estimate of drug-likeness (QED) is 0.633. The van der Waals surface area contributed by atoms with Crippen molar-refractivity contribution in [2.24, 2.45) is 15.7 Å². The number of benzene rings is 2. The van der Waals surface area contributed by atoms with E-state index < -0.39 is 0 Å². The Kier molecular flexibility index (Phi) is 3.86. The van der Waals surface area contributed by atoms with E-state index in [0.717, 1.165) is 16.8 Å². The highest BCUT2D eigenvalue weighted by atomic mass is 14.9. The van der Waals surface area contributed by atoms with Crippen LogP contribution < -0.4 is 5.73 Å². The summed E-state index contributed by atoms with van der Waals surface area (Å²) in [6.45, 7) is 2.02. The van der Waals surface area contributed by atoms with Crippen LogP contribution in [0.25, 0.3) is 0 Å². The molecule has 0 spiro atoms. The highest BCUT2D eigenvalue weighted by Crippen LogP contribution is 2.19. The lowest BCUT2D eigenvalue weighted by atomic mass is 10.2. The fourth-order valence-electron chi connectivity index (χ4n) is 1.63. The van der Waals surface area contributed by atoms with Gasteiger partial charge in [0.05, 0.1) is 12.0 Å². The monoisotopic (exact) mass is 237 g/mol. The molecule has 0 bridgehead atoms. The zero-order valence-electron chi connectivity index (χ0n) is 10.2. The first kappa shape index (κ1) is 12.0. The number of hydrogen-bond donors (Lipinski definition) is 1. The second-order valence-electron chi connectivity index (χ2n) is 3.87. The van der Waals surface area contributed by atoms with Crippen molar-refractivity contribution < 1.29 is 0 Å². The summed E-state index contributed by atoms with van der Waals surface area (Å²) in [7, 11) is 0. The lowest BCUT2D eigenvalue weighted by Crippen LogP contribution is -2.00. The lowest BCUT2D eigenvalue weighted by molar-refractivity contribution is 1.37. The van der Waals surface area contributed by atoms with Crippen molar-refractivity contribution >= 4 is 17.9 Å². The molecular formula is C15H15N3. The van der Waals surface area contributed by atoms with Gasteiger partial charge in [-0.25, -0.2) is 9.98 Å². The molecule has 2 N–H and O–H groups in total. The standard InChI is InChI=1S/C15H15N3/c1-12-7-5-6-10-14(12)18-15(17-11-16)13-8-3-2-4-9-13/h2-11H,1H3,(H2,16,17,18). The Hall–Kier alpha value is -2.42. The van der Waals surface area contributed by atoms with E-state index in [9.17, 15) is 0 Å². The fraction of sp³-hybridized carbons (Fsp3) is 0.0667. The van der Waals surface area contributed by atoms with Crippen LogP contribution in [0.4, 0.5) is 5.69 Å². The third kappa shape index (κ3) is 2.83. The van der Waals surface area contributed by atoms with Gasteiger partial charge >= 0.3 is 0 Å². The minimum absolute atomic E-state index is 0.618. The average Bonchev–Trinajstić information content (AvgIpc) is 2.42. The van der Waals surface area contributed by atoms with E-state index in [1.165, 1.54) is 6.34 Å². The van der Waals surface area contributed by atoms with Crippen LogP contribution in [-0.2, 0) is 0 Å². The third-order valence-corrected chi connectivity index (χ3v) is 2.57. The normalized spacial score (nSPS) is 11.9. The molecule has 90 valence electrons. The maximum atomic E-state index is 5.39.